The first-order chi connectivity index (χ1) is 12.5. The Morgan fingerprint density at radius 2 is 1.88 bits per heavy atom. The SMILES string of the molecule is COC(=O)C1=C(CN2CCC(C)CC2)NC(=O)NC1c1ccc(C)cc1. The summed E-state index contributed by atoms with van der Waals surface area (Å²) in [5.74, 6) is 0.312. The van der Waals surface area contributed by atoms with Crippen molar-refractivity contribution in [2.24, 2.45) is 5.92 Å². The molecule has 2 heterocycles. The molecule has 1 aromatic rings. The summed E-state index contributed by atoms with van der Waals surface area (Å²) in [5.41, 5.74) is 3.12. The molecule has 0 spiro atoms. The number of methoxy groups -OCH3 is 1. The largest absolute Gasteiger partial charge is 0.466 e. The Kier molecular flexibility index (Phi) is 5.61. The van der Waals surface area contributed by atoms with Crippen molar-refractivity contribution in [2.45, 2.75) is 32.7 Å². The van der Waals surface area contributed by atoms with Crippen molar-refractivity contribution in [1.82, 2.24) is 15.5 Å². The summed E-state index contributed by atoms with van der Waals surface area (Å²) in [6.45, 7) is 6.75. The number of urea groups is 1. The summed E-state index contributed by atoms with van der Waals surface area (Å²) in [5, 5.41) is 5.70. The first-order valence-electron chi connectivity index (χ1n) is 9.15. The number of benzene rings is 1. The van der Waals surface area contributed by atoms with Gasteiger partial charge in [0.2, 0.25) is 0 Å². The number of carbonyl (C=O) groups excluding carboxylic acids is 2. The Balaban J connectivity index is 1.93. The van der Waals surface area contributed by atoms with E-state index in [4.69, 9.17) is 4.74 Å². The van der Waals surface area contributed by atoms with E-state index < -0.39 is 12.0 Å². The fourth-order valence-electron chi connectivity index (χ4n) is 3.55. The van der Waals surface area contributed by atoms with Gasteiger partial charge in [0.25, 0.3) is 0 Å². The molecular weight excluding hydrogens is 330 g/mol. The lowest BCUT2D eigenvalue weighted by atomic mass is 9.93. The van der Waals surface area contributed by atoms with Crippen molar-refractivity contribution in [3.8, 4) is 0 Å². The number of nitrogens with zero attached hydrogens (tertiary/aromatic N) is 1. The van der Waals surface area contributed by atoms with Gasteiger partial charge >= 0.3 is 12.0 Å². The van der Waals surface area contributed by atoms with Gasteiger partial charge in [-0.25, -0.2) is 9.59 Å². The average Bonchev–Trinajstić information content (AvgIpc) is 2.63. The lowest BCUT2D eigenvalue weighted by molar-refractivity contribution is -0.136. The monoisotopic (exact) mass is 357 g/mol. The molecule has 6 nitrogen and oxygen atoms in total. The standard InChI is InChI=1S/C20H27N3O3/c1-13-4-6-15(7-5-13)18-17(19(24)26-3)16(21-20(25)22-18)12-23-10-8-14(2)9-11-23/h4-7,14,18H,8-12H2,1-3H3,(H2,21,22,25). The quantitative estimate of drug-likeness (QED) is 0.813. The van der Waals surface area contributed by atoms with Crippen LogP contribution in [-0.4, -0.2) is 43.6 Å². The van der Waals surface area contributed by atoms with Crippen LogP contribution in [0.25, 0.3) is 0 Å². The summed E-state index contributed by atoms with van der Waals surface area (Å²) in [4.78, 5) is 27.1. The maximum atomic E-state index is 12.5. The fourth-order valence-corrected chi connectivity index (χ4v) is 3.55. The van der Waals surface area contributed by atoms with Gasteiger partial charge in [-0.15, -0.1) is 0 Å². The highest BCUT2D eigenvalue weighted by Gasteiger charge is 2.34. The zero-order valence-corrected chi connectivity index (χ0v) is 15.7. The minimum absolute atomic E-state index is 0.288. The van der Waals surface area contributed by atoms with Crippen LogP contribution in [0.1, 0.15) is 36.9 Å². The number of nitrogens with one attached hydrogen (secondary N) is 2. The molecule has 2 aliphatic heterocycles. The number of ether oxygens (including phenoxy) is 1. The third kappa shape index (κ3) is 4.07. The summed E-state index contributed by atoms with van der Waals surface area (Å²) < 4.78 is 5.03. The van der Waals surface area contributed by atoms with E-state index in [1.165, 1.54) is 7.11 Å². The minimum atomic E-state index is -0.504. The zero-order valence-electron chi connectivity index (χ0n) is 15.7. The summed E-state index contributed by atoms with van der Waals surface area (Å²) >= 11 is 0. The van der Waals surface area contributed by atoms with Crippen LogP contribution in [0.15, 0.2) is 35.5 Å². The molecule has 1 fully saturated rings. The molecule has 2 amide bonds. The number of likely N-dealkylation sites (tertiary alicyclic amines) is 1. The van der Waals surface area contributed by atoms with Gasteiger partial charge in [-0.2, -0.15) is 0 Å². The van der Waals surface area contributed by atoms with Crippen LogP contribution in [0, 0.1) is 12.8 Å². The van der Waals surface area contributed by atoms with Gasteiger partial charge in [0.1, 0.15) is 0 Å². The smallest absolute Gasteiger partial charge is 0.338 e. The summed E-state index contributed by atoms with van der Waals surface area (Å²) in [6.07, 6.45) is 2.27. The molecule has 0 saturated carbocycles. The van der Waals surface area contributed by atoms with Gasteiger partial charge in [0, 0.05) is 12.2 Å². The Morgan fingerprint density at radius 3 is 2.50 bits per heavy atom. The molecule has 1 unspecified atom stereocenters. The van der Waals surface area contributed by atoms with Crippen molar-refractivity contribution in [3.05, 3.63) is 46.7 Å². The van der Waals surface area contributed by atoms with E-state index in [0.717, 1.165) is 43.0 Å². The summed E-state index contributed by atoms with van der Waals surface area (Å²) in [6, 6.07) is 7.04. The number of hydrogen-bond acceptors (Lipinski definition) is 4. The Morgan fingerprint density at radius 1 is 1.23 bits per heavy atom. The molecule has 1 saturated heterocycles. The molecule has 0 bridgehead atoms. The molecular formula is C20H27N3O3. The second-order valence-electron chi connectivity index (χ2n) is 7.28. The number of hydrogen-bond donors (Lipinski definition) is 2. The van der Waals surface area contributed by atoms with Crippen LogP contribution in [0.3, 0.4) is 0 Å². The predicted molar refractivity (Wildman–Crippen MR) is 99.5 cm³/mol. The molecule has 6 heteroatoms. The third-order valence-corrected chi connectivity index (χ3v) is 5.23. The van der Waals surface area contributed by atoms with Crippen molar-refractivity contribution in [1.29, 1.82) is 0 Å². The number of rotatable bonds is 4. The van der Waals surface area contributed by atoms with E-state index in [9.17, 15) is 9.59 Å². The molecule has 2 aliphatic rings. The molecule has 26 heavy (non-hydrogen) atoms. The van der Waals surface area contributed by atoms with E-state index in [1.807, 2.05) is 31.2 Å². The van der Waals surface area contributed by atoms with Crippen LogP contribution < -0.4 is 10.6 Å². The normalized spacial score (nSPS) is 22.0. The molecule has 1 aromatic carbocycles. The fraction of sp³-hybridized carbons (Fsp3) is 0.500. The molecule has 1 atom stereocenters. The lowest BCUT2D eigenvalue weighted by Gasteiger charge is -2.34. The van der Waals surface area contributed by atoms with E-state index in [1.54, 1.807) is 0 Å². The van der Waals surface area contributed by atoms with Crippen molar-refractivity contribution in [2.75, 3.05) is 26.7 Å². The third-order valence-electron chi connectivity index (χ3n) is 5.23. The minimum Gasteiger partial charge on any atom is -0.466 e. The first-order valence-corrected chi connectivity index (χ1v) is 9.15. The van der Waals surface area contributed by atoms with Gasteiger partial charge in [-0.3, -0.25) is 4.90 Å². The van der Waals surface area contributed by atoms with Gasteiger partial charge in [-0.05, 0) is 44.3 Å². The second-order valence-corrected chi connectivity index (χ2v) is 7.28. The van der Waals surface area contributed by atoms with Crippen LogP contribution in [0.2, 0.25) is 0 Å². The van der Waals surface area contributed by atoms with E-state index in [0.29, 0.717) is 17.8 Å². The topological polar surface area (TPSA) is 70.7 Å². The van der Waals surface area contributed by atoms with Crippen molar-refractivity contribution in [3.63, 3.8) is 0 Å². The van der Waals surface area contributed by atoms with Gasteiger partial charge in [-0.1, -0.05) is 36.8 Å². The zero-order chi connectivity index (χ0) is 18.7. The summed E-state index contributed by atoms with van der Waals surface area (Å²) in [7, 11) is 1.37. The van der Waals surface area contributed by atoms with E-state index >= 15 is 0 Å². The lowest BCUT2D eigenvalue weighted by Crippen LogP contribution is -2.49. The molecule has 2 N–H and O–H groups in total. The highest BCUT2D eigenvalue weighted by Crippen LogP contribution is 2.29. The predicted octanol–water partition coefficient (Wildman–Crippen LogP) is 2.51. The maximum absolute atomic E-state index is 12.5. The average molecular weight is 357 g/mol. The van der Waals surface area contributed by atoms with Crippen LogP contribution >= 0.6 is 0 Å². The van der Waals surface area contributed by atoms with Gasteiger partial charge in [0.05, 0.1) is 18.7 Å². The van der Waals surface area contributed by atoms with E-state index in [-0.39, 0.29) is 6.03 Å². The number of esters is 1. The number of amides is 2. The number of carbonyl (C=O) groups is 2. The maximum Gasteiger partial charge on any atom is 0.338 e. The Bertz CT molecular complexity index is 704. The van der Waals surface area contributed by atoms with Crippen molar-refractivity contribution < 1.29 is 14.3 Å². The molecule has 0 aliphatic carbocycles. The van der Waals surface area contributed by atoms with Crippen LogP contribution in [-0.2, 0) is 9.53 Å². The van der Waals surface area contributed by atoms with Crippen molar-refractivity contribution >= 4 is 12.0 Å². The van der Waals surface area contributed by atoms with E-state index in [2.05, 4.69) is 22.5 Å². The molecule has 0 radical (unpaired) electrons. The number of aryl methyl sites for hydroxylation is 1. The highest BCUT2D eigenvalue weighted by atomic mass is 16.5. The molecule has 3 rings (SSSR count). The Labute approximate surface area is 154 Å². The number of piperidine rings is 1. The van der Waals surface area contributed by atoms with Gasteiger partial charge < -0.3 is 15.4 Å². The second kappa shape index (κ2) is 7.91. The van der Waals surface area contributed by atoms with Gasteiger partial charge in [0.15, 0.2) is 0 Å². The first kappa shape index (κ1) is 18.5. The van der Waals surface area contributed by atoms with Crippen LogP contribution in [0.5, 0.6) is 0 Å². The molecule has 140 valence electrons. The Hall–Kier alpha value is -2.34. The van der Waals surface area contributed by atoms with Crippen LogP contribution in [0.4, 0.5) is 4.79 Å². The molecule has 0 aromatic heterocycles. The highest BCUT2D eigenvalue weighted by molar-refractivity contribution is 5.95.